The summed E-state index contributed by atoms with van der Waals surface area (Å²) in [5.74, 6) is 2.69. The van der Waals surface area contributed by atoms with E-state index in [0.717, 1.165) is 32.1 Å². The smallest absolute Gasteiger partial charge is 0.408 e. The van der Waals surface area contributed by atoms with Crippen molar-refractivity contribution >= 4 is 29.7 Å². The minimum Gasteiger partial charge on any atom is -0.444 e. The van der Waals surface area contributed by atoms with Gasteiger partial charge in [0, 0.05) is 17.6 Å². The van der Waals surface area contributed by atoms with E-state index in [-0.39, 0.29) is 11.8 Å². The van der Waals surface area contributed by atoms with Gasteiger partial charge in [-0.25, -0.2) is 4.79 Å². The second-order valence-corrected chi connectivity index (χ2v) is 13.2. The Morgan fingerprint density at radius 2 is 1.60 bits per heavy atom. The summed E-state index contributed by atoms with van der Waals surface area (Å²) in [6, 6.07) is 5.46. The molecule has 1 aromatic rings. The van der Waals surface area contributed by atoms with Gasteiger partial charge in [0.05, 0.1) is 0 Å². The Kier molecular flexibility index (Phi) is 15.2. The highest BCUT2D eigenvalue weighted by molar-refractivity contribution is 7.98. The van der Waals surface area contributed by atoms with E-state index < -0.39 is 29.3 Å². The number of alkyl carbamates (subject to hydrolysis) is 1. The molecule has 224 valence electrons. The predicted molar refractivity (Wildman–Crippen MR) is 166 cm³/mol. The maximum atomic E-state index is 14.3. The van der Waals surface area contributed by atoms with Gasteiger partial charge in [-0.1, -0.05) is 57.1 Å². The molecule has 0 aliphatic carbocycles. The molecular formula is C32H51N3O4S. The molecule has 8 heteroatoms. The first-order valence-corrected chi connectivity index (χ1v) is 15.8. The van der Waals surface area contributed by atoms with Crippen LogP contribution < -0.4 is 10.6 Å². The van der Waals surface area contributed by atoms with Crippen LogP contribution in [0.3, 0.4) is 0 Å². The van der Waals surface area contributed by atoms with Crippen molar-refractivity contribution in [3.63, 3.8) is 0 Å². The van der Waals surface area contributed by atoms with Crippen molar-refractivity contribution in [2.45, 2.75) is 117 Å². The monoisotopic (exact) mass is 573 g/mol. The molecular weight excluding hydrogens is 522 g/mol. The summed E-state index contributed by atoms with van der Waals surface area (Å²) in [5.41, 5.74) is 0.150. The Bertz CT molecular complexity index is 974. The largest absolute Gasteiger partial charge is 0.444 e. The SMILES string of the molecule is C#Cc1ccc(C(C(=O)NC(C)(C)C)N(CCCCCCCC)C(=O)C(CCSC)NC(=O)OC(C)(C)C)cc1. The molecule has 1 rings (SSSR count). The number of hydrogen-bond donors (Lipinski definition) is 2. The normalized spacial score (nSPS) is 13.1. The van der Waals surface area contributed by atoms with Crippen LogP contribution in [0.2, 0.25) is 0 Å². The highest BCUT2D eigenvalue weighted by Gasteiger charge is 2.37. The van der Waals surface area contributed by atoms with Gasteiger partial charge in [0.25, 0.3) is 0 Å². The van der Waals surface area contributed by atoms with Gasteiger partial charge < -0.3 is 20.3 Å². The zero-order valence-corrected chi connectivity index (χ0v) is 26.7. The fourth-order valence-corrected chi connectivity index (χ4v) is 4.72. The van der Waals surface area contributed by atoms with Crippen LogP contribution in [-0.2, 0) is 14.3 Å². The molecule has 0 heterocycles. The maximum absolute atomic E-state index is 14.3. The van der Waals surface area contributed by atoms with Crippen molar-refractivity contribution in [1.82, 2.24) is 15.5 Å². The van der Waals surface area contributed by atoms with Gasteiger partial charge >= 0.3 is 6.09 Å². The predicted octanol–water partition coefficient (Wildman–Crippen LogP) is 6.46. The molecule has 0 bridgehead atoms. The summed E-state index contributed by atoms with van der Waals surface area (Å²) in [5, 5.41) is 5.86. The fourth-order valence-electron chi connectivity index (χ4n) is 4.24. The number of unbranched alkanes of at least 4 members (excludes halogenated alkanes) is 5. The van der Waals surface area contributed by atoms with Gasteiger partial charge in [0.15, 0.2) is 0 Å². The van der Waals surface area contributed by atoms with Crippen LogP contribution in [-0.4, -0.2) is 58.5 Å². The van der Waals surface area contributed by atoms with E-state index in [2.05, 4.69) is 23.5 Å². The summed E-state index contributed by atoms with van der Waals surface area (Å²) < 4.78 is 5.47. The van der Waals surface area contributed by atoms with Crippen molar-refractivity contribution < 1.29 is 19.1 Å². The minimum atomic E-state index is -0.883. The van der Waals surface area contributed by atoms with E-state index in [1.165, 1.54) is 6.42 Å². The number of ether oxygens (including phenoxy) is 1. The van der Waals surface area contributed by atoms with Crippen molar-refractivity contribution in [3.05, 3.63) is 35.4 Å². The average Bonchev–Trinajstić information content (AvgIpc) is 2.85. The standard InChI is InChI=1S/C32H51N3O4S/c1-10-12-13-14-15-16-22-35(29(37)26(21-23-40-9)33-30(38)39-32(6,7)8)27(28(36)34-31(3,4)5)25-19-17-24(11-2)18-20-25/h2,17-20,26-27H,10,12-16,21-23H2,1,3-9H3,(H,33,38)(H,34,36). The molecule has 0 spiro atoms. The Morgan fingerprint density at radius 1 is 1.00 bits per heavy atom. The summed E-state index contributed by atoms with van der Waals surface area (Å²) in [4.78, 5) is 42.5. The first-order chi connectivity index (χ1) is 18.7. The number of terminal acetylenes is 1. The molecule has 2 unspecified atom stereocenters. The van der Waals surface area contributed by atoms with Gasteiger partial charge in [-0.15, -0.1) is 6.42 Å². The zero-order valence-electron chi connectivity index (χ0n) is 25.9. The highest BCUT2D eigenvalue weighted by atomic mass is 32.2. The number of carbonyl (C=O) groups is 3. The van der Waals surface area contributed by atoms with E-state index in [0.29, 0.717) is 29.8 Å². The third kappa shape index (κ3) is 13.6. The number of nitrogens with one attached hydrogen (secondary N) is 2. The zero-order chi connectivity index (χ0) is 30.3. The molecule has 0 aliphatic rings. The van der Waals surface area contributed by atoms with E-state index in [1.807, 2.05) is 39.2 Å². The van der Waals surface area contributed by atoms with Crippen molar-refractivity contribution in [2.24, 2.45) is 0 Å². The van der Waals surface area contributed by atoms with E-state index in [9.17, 15) is 14.4 Å². The minimum absolute atomic E-state index is 0.277. The van der Waals surface area contributed by atoms with E-state index in [4.69, 9.17) is 11.2 Å². The number of hydrogen-bond acceptors (Lipinski definition) is 5. The quantitative estimate of drug-likeness (QED) is 0.186. The molecule has 0 saturated carbocycles. The van der Waals surface area contributed by atoms with Crippen molar-refractivity contribution in [1.29, 1.82) is 0 Å². The lowest BCUT2D eigenvalue weighted by Crippen LogP contribution is -2.55. The van der Waals surface area contributed by atoms with E-state index in [1.54, 1.807) is 49.6 Å². The first kappa shape index (κ1) is 35.4. The molecule has 40 heavy (non-hydrogen) atoms. The number of carbonyl (C=O) groups excluding carboxylic acids is 3. The van der Waals surface area contributed by atoms with Gasteiger partial charge in [0.2, 0.25) is 11.8 Å². The van der Waals surface area contributed by atoms with Crippen LogP contribution >= 0.6 is 11.8 Å². The molecule has 0 saturated heterocycles. The van der Waals surface area contributed by atoms with Crippen LogP contribution in [0.5, 0.6) is 0 Å². The maximum Gasteiger partial charge on any atom is 0.408 e. The van der Waals surface area contributed by atoms with Crippen LogP contribution in [0.15, 0.2) is 24.3 Å². The van der Waals surface area contributed by atoms with Gasteiger partial charge in [-0.05, 0) is 84.1 Å². The fraction of sp³-hybridized carbons (Fsp3) is 0.656. The van der Waals surface area contributed by atoms with Crippen LogP contribution in [0.1, 0.15) is 111 Å². The summed E-state index contributed by atoms with van der Waals surface area (Å²) in [7, 11) is 0. The molecule has 7 nitrogen and oxygen atoms in total. The van der Waals surface area contributed by atoms with Crippen molar-refractivity contribution in [3.8, 4) is 12.3 Å². The van der Waals surface area contributed by atoms with Gasteiger partial charge in [0.1, 0.15) is 17.7 Å². The molecule has 1 aromatic carbocycles. The van der Waals surface area contributed by atoms with Gasteiger partial charge in [-0.2, -0.15) is 11.8 Å². The summed E-state index contributed by atoms with van der Waals surface area (Å²) in [6.07, 6.45) is 13.5. The van der Waals surface area contributed by atoms with Crippen LogP contribution in [0, 0.1) is 12.3 Å². The molecule has 3 amide bonds. The van der Waals surface area contributed by atoms with Crippen LogP contribution in [0.4, 0.5) is 4.79 Å². The number of amides is 3. The molecule has 2 N–H and O–H groups in total. The lowest BCUT2D eigenvalue weighted by molar-refractivity contribution is -0.143. The van der Waals surface area contributed by atoms with Gasteiger partial charge in [-0.3, -0.25) is 9.59 Å². The molecule has 0 radical (unpaired) electrons. The highest BCUT2D eigenvalue weighted by Crippen LogP contribution is 2.26. The number of nitrogens with zero attached hydrogens (tertiary/aromatic N) is 1. The second kappa shape index (κ2) is 17.2. The lowest BCUT2D eigenvalue weighted by Gasteiger charge is -2.36. The lowest BCUT2D eigenvalue weighted by atomic mass is 9.98. The van der Waals surface area contributed by atoms with Crippen molar-refractivity contribution in [2.75, 3.05) is 18.6 Å². The Labute approximate surface area is 246 Å². The Morgan fingerprint density at radius 3 is 2.12 bits per heavy atom. The van der Waals surface area contributed by atoms with E-state index >= 15 is 0 Å². The first-order valence-electron chi connectivity index (χ1n) is 14.4. The second-order valence-electron chi connectivity index (χ2n) is 12.2. The Balaban J connectivity index is 3.48. The average molecular weight is 574 g/mol. The summed E-state index contributed by atoms with van der Waals surface area (Å²) in [6.45, 7) is 13.6. The number of thioether (sulfide) groups is 1. The Hall–Kier alpha value is -2.66. The van der Waals surface area contributed by atoms with Crippen LogP contribution in [0.25, 0.3) is 0 Å². The topological polar surface area (TPSA) is 87.7 Å². The number of benzene rings is 1. The molecule has 2 atom stereocenters. The summed E-state index contributed by atoms with van der Waals surface area (Å²) >= 11 is 1.59. The molecule has 0 aromatic heterocycles. The number of rotatable bonds is 15. The third-order valence-electron chi connectivity index (χ3n) is 6.09. The third-order valence-corrected chi connectivity index (χ3v) is 6.73. The molecule has 0 fully saturated rings. The molecule has 0 aliphatic heterocycles.